The third-order valence-corrected chi connectivity index (χ3v) is 3.31. The van der Waals surface area contributed by atoms with Crippen molar-refractivity contribution in [1.29, 1.82) is 5.26 Å². The predicted octanol–water partition coefficient (Wildman–Crippen LogP) is 1.74. The van der Waals surface area contributed by atoms with Crippen molar-refractivity contribution in [3.63, 3.8) is 0 Å². The molecule has 0 radical (unpaired) electrons. The summed E-state index contributed by atoms with van der Waals surface area (Å²) in [7, 11) is 0. The molecule has 3 amide bonds. The average Bonchev–Trinajstić information content (AvgIpc) is 2.64. The van der Waals surface area contributed by atoms with E-state index >= 15 is 0 Å². The van der Waals surface area contributed by atoms with Crippen molar-refractivity contribution in [3.05, 3.63) is 35.4 Å². The smallest absolute Gasteiger partial charge is 0.319 e. The molecule has 19 heavy (non-hydrogen) atoms. The SMILES string of the molecule is CCCN1C(=O)N[C@](C)(c2ccc(C#N)cc2)C1=O. The Morgan fingerprint density at radius 2 is 1.95 bits per heavy atom. The summed E-state index contributed by atoms with van der Waals surface area (Å²) in [5.41, 5.74) is 0.165. The zero-order valence-corrected chi connectivity index (χ0v) is 10.9. The Bertz CT molecular complexity index is 559. The van der Waals surface area contributed by atoms with E-state index in [1.807, 2.05) is 13.0 Å². The van der Waals surface area contributed by atoms with Crippen LogP contribution in [-0.4, -0.2) is 23.4 Å². The molecule has 1 N–H and O–H groups in total. The van der Waals surface area contributed by atoms with Crippen LogP contribution in [0.5, 0.6) is 0 Å². The van der Waals surface area contributed by atoms with Gasteiger partial charge in [0.1, 0.15) is 5.54 Å². The van der Waals surface area contributed by atoms with Gasteiger partial charge in [0.05, 0.1) is 11.6 Å². The Labute approximate surface area is 111 Å². The second-order valence-electron chi connectivity index (χ2n) is 4.70. The van der Waals surface area contributed by atoms with E-state index in [1.54, 1.807) is 31.2 Å². The number of nitrogens with zero attached hydrogens (tertiary/aromatic N) is 2. The molecule has 0 unspecified atom stereocenters. The summed E-state index contributed by atoms with van der Waals surface area (Å²) >= 11 is 0. The Balaban J connectivity index is 2.35. The van der Waals surface area contributed by atoms with Gasteiger partial charge >= 0.3 is 6.03 Å². The number of nitriles is 1. The van der Waals surface area contributed by atoms with Gasteiger partial charge in [-0.2, -0.15) is 5.26 Å². The fourth-order valence-electron chi connectivity index (χ4n) is 2.20. The molecule has 1 aliphatic rings. The predicted molar refractivity (Wildman–Crippen MR) is 69.0 cm³/mol. The first-order valence-electron chi connectivity index (χ1n) is 6.17. The lowest BCUT2D eigenvalue weighted by Gasteiger charge is -2.22. The van der Waals surface area contributed by atoms with Crippen molar-refractivity contribution in [2.45, 2.75) is 25.8 Å². The molecule has 0 saturated carbocycles. The number of hydrogen-bond donors (Lipinski definition) is 1. The average molecular weight is 257 g/mol. The van der Waals surface area contributed by atoms with Crippen molar-refractivity contribution in [1.82, 2.24) is 10.2 Å². The van der Waals surface area contributed by atoms with Gasteiger partial charge in [0.25, 0.3) is 5.91 Å². The Kier molecular flexibility index (Phi) is 3.26. The van der Waals surface area contributed by atoms with E-state index in [1.165, 1.54) is 4.90 Å². The van der Waals surface area contributed by atoms with Crippen LogP contribution in [0.2, 0.25) is 0 Å². The van der Waals surface area contributed by atoms with Crippen LogP contribution in [0.25, 0.3) is 0 Å². The summed E-state index contributed by atoms with van der Waals surface area (Å²) in [5, 5.41) is 11.5. The third-order valence-electron chi connectivity index (χ3n) is 3.31. The number of nitrogens with one attached hydrogen (secondary N) is 1. The van der Waals surface area contributed by atoms with Gasteiger partial charge in [0, 0.05) is 6.54 Å². The molecule has 98 valence electrons. The minimum absolute atomic E-state index is 0.246. The highest BCUT2D eigenvalue weighted by molar-refractivity contribution is 6.07. The largest absolute Gasteiger partial charge is 0.325 e. The number of hydrogen-bond acceptors (Lipinski definition) is 3. The number of amides is 3. The van der Waals surface area contributed by atoms with Crippen LogP contribution >= 0.6 is 0 Å². The summed E-state index contributed by atoms with van der Waals surface area (Å²) in [4.78, 5) is 25.4. The molecule has 0 spiro atoms. The van der Waals surface area contributed by atoms with Crippen molar-refractivity contribution in [2.24, 2.45) is 0 Å². The van der Waals surface area contributed by atoms with E-state index in [9.17, 15) is 9.59 Å². The van der Waals surface area contributed by atoms with E-state index in [-0.39, 0.29) is 11.9 Å². The minimum Gasteiger partial charge on any atom is -0.319 e. The van der Waals surface area contributed by atoms with E-state index < -0.39 is 5.54 Å². The zero-order valence-electron chi connectivity index (χ0n) is 10.9. The normalized spacial score (nSPS) is 22.3. The van der Waals surface area contributed by atoms with Gasteiger partial charge in [-0.1, -0.05) is 19.1 Å². The third kappa shape index (κ3) is 2.06. The number of urea groups is 1. The van der Waals surface area contributed by atoms with Gasteiger partial charge in [0.2, 0.25) is 0 Å². The van der Waals surface area contributed by atoms with Crippen LogP contribution in [0.4, 0.5) is 4.79 Å². The highest BCUT2D eigenvalue weighted by atomic mass is 16.2. The van der Waals surface area contributed by atoms with Crippen LogP contribution < -0.4 is 5.32 Å². The van der Waals surface area contributed by atoms with Crippen LogP contribution in [0.3, 0.4) is 0 Å². The van der Waals surface area contributed by atoms with Crippen LogP contribution in [0.1, 0.15) is 31.4 Å². The zero-order chi connectivity index (χ0) is 14.0. The molecular weight excluding hydrogens is 242 g/mol. The minimum atomic E-state index is -1.04. The van der Waals surface area contributed by atoms with Gasteiger partial charge in [-0.05, 0) is 31.0 Å². The quantitative estimate of drug-likeness (QED) is 0.838. The first kappa shape index (κ1) is 13.1. The lowest BCUT2D eigenvalue weighted by Crippen LogP contribution is -2.40. The first-order valence-corrected chi connectivity index (χ1v) is 6.17. The Hall–Kier alpha value is -2.35. The fourth-order valence-corrected chi connectivity index (χ4v) is 2.20. The summed E-state index contributed by atoms with van der Waals surface area (Å²) in [5.74, 6) is -0.246. The van der Waals surface area contributed by atoms with Crippen LogP contribution in [-0.2, 0) is 10.3 Å². The molecular formula is C14H15N3O2. The second-order valence-corrected chi connectivity index (χ2v) is 4.70. The van der Waals surface area contributed by atoms with Gasteiger partial charge in [-0.3, -0.25) is 9.69 Å². The highest BCUT2D eigenvalue weighted by Gasteiger charge is 2.48. The van der Waals surface area contributed by atoms with E-state index in [4.69, 9.17) is 5.26 Å². The van der Waals surface area contributed by atoms with E-state index in [0.717, 1.165) is 6.42 Å². The number of imide groups is 1. The van der Waals surface area contributed by atoms with Crippen molar-refractivity contribution in [3.8, 4) is 6.07 Å². The molecule has 1 aromatic rings. The van der Waals surface area contributed by atoms with Gasteiger partial charge in [-0.15, -0.1) is 0 Å². The standard InChI is InChI=1S/C14H15N3O2/c1-3-8-17-12(18)14(2,16-13(17)19)11-6-4-10(9-15)5-7-11/h4-7H,3,8H2,1-2H3,(H,16,19)/t14-/m1/s1. The van der Waals surface area contributed by atoms with Crippen LogP contribution in [0.15, 0.2) is 24.3 Å². The molecule has 1 aliphatic heterocycles. The Morgan fingerprint density at radius 3 is 2.47 bits per heavy atom. The molecule has 1 saturated heterocycles. The maximum Gasteiger partial charge on any atom is 0.325 e. The van der Waals surface area contributed by atoms with E-state index in [2.05, 4.69) is 5.32 Å². The highest BCUT2D eigenvalue weighted by Crippen LogP contribution is 2.28. The summed E-state index contributed by atoms with van der Waals surface area (Å²) in [6, 6.07) is 8.35. The van der Waals surface area contributed by atoms with Gasteiger partial charge in [-0.25, -0.2) is 4.79 Å². The molecule has 5 nitrogen and oxygen atoms in total. The maximum atomic E-state index is 12.4. The van der Waals surface area contributed by atoms with Gasteiger partial charge < -0.3 is 5.32 Å². The van der Waals surface area contributed by atoms with Crippen LogP contribution in [0, 0.1) is 11.3 Å². The molecule has 0 aromatic heterocycles. The van der Waals surface area contributed by atoms with Crippen molar-refractivity contribution >= 4 is 11.9 Å². The first-order chi connectivity index (χ1) is 9.02. The number of carbonyl (C=O) groups is 2. The lowest BCUT2D eigenvalue weighted by atomic mass is 9.91. The molecule has 1 atom stereocenters. The molecule has 1 aromatic carbocycles. The van der Waals surface area contributed by atoms with Crippen molar-refractivity contribution in [2.75, 3.05) is 6.54 Å². The van der Waals surface area contributed by atoms with Crippen molar-refractivity contribution < 1.29 is 9.59 Å². The molecule has 2 rings (SSSR count). The lowest BCUT2D eigenvalue weighted by molar-refractivity contribution is -0.131. The topological polar surface area (TPSA) is 73.2 Å². The molecule has 1 fully saturated rings. The summed E-state index contributed by atoms with van der Waals surface area (Å²) < 4.78 is 0. The summed E-state index contributed by atoms with van der Waals surface area (Å²) in [6.45, 7) is 4.01. The molecule has 5 heteroatoms. The molecule has 0 bridgehead atoms. The fraction of sp³-hybridized carbons (Fsp3) is 0.357. The number of carbonyl (C=O) groups excluding carboxylic acids is 2. The second kappa shape index (κ2) is 4.73. The monoisotopic (exact) mass is 257 g/mol. The Morgan fingerprint density at radius 1 is 1.32 bits per heavy atom. The van der Waals surface area contributed by atoms with E-state index in [0.29, 0.717) is 17.7 Å². The maximum absolute atomic E-state index is 12.4. The number of benzene rings is 1. The summed E-state index contributed by atoms with van der Waals surface area (Å²) in [6.07, 6.45) is 0.725. The molecule has 0 aliphatic carbocycles. The number of rotatable bonds is 3. The van der Waals surface area contributed by atoms with Gasteiger partial charge in [0.15, 0.2) is 0 Å². The molecule has 1 heterocycles.